The first kappa shape index (κ1) is 9.68. The van der Waals surface area contributed by atoms with E-state index in [1.807, 2.05) is 0 Å². The van der Waals surface area contributed by atoms with E-state index in [4.69, 9.17) is 5.11 Å². The van der Waals surface area contributed by atoms with Crippen LogP contribution in [0.15, 0.2) is 24.5 Å². The highest BCUT2D eigenvalue weighted by Crippen LogP contribution is 1.95. The van der Waals surface area contributed by atoms with Crippen molar-refractivity contribution in [3.8, 4) is 0 Å². The van der Waals surface area contributed by atoms with Crippen LogP contribution in [0.1, 0.15) is 5.56 Å². The van der Waals surface area contributed by atoms with Crippen LogP contribution in [0, 0.1) is 0 Å². The fourth-order valence-corrected chi connectivity index (χ4v) is 0.677. The molecule has 3 radical (unpaired) electrons. The van der Waals surface area contributed by atoms with Crippen molar-refractivity contribution < 1.29 is 9.90 Å². The Morgan fingerprint density at radius 3 is 2.82 bits per heavy atom. The Balaban J connectivity index is 0.000001000. The molecule has 3 nitrogen and oxygen atoms in total. The fraction of sp³-hybridized carbons (Fsp3) is 0.143. The van der Waals surface area contributed by atoms with E-state index in [2.05, 4.69) is 4.98 Å². The van der Waals surface area contributed by atoms with E-state index in [1.54, 1.807) is 24.5 Å². The maximum atomic E-state index is 10.1. The summed E-state index contributed by atoms with van der Waals surface area (Å²) >= 11 is 0. The van der Waals surface area contributed by atoms with Crippen molar-refractivity contribution in [2.24, 2.45) is 0 Å². The molecule has 1 N–H and O–H groups in total. The molecule has 0 saturated heterocycles. The molecular weight excluding hydrogens is 141 g/mol. The normalized spacial score (nSPS) is 8.36. The molecule has 0 aromatic carbocycles. The molecule has 0 spiro atoms. The Bertz CT molecular complexity index is 225. The highest BCUT2D eigenvalue weighted by molar-refractivity contribution is 5.75. The second kappa shape index (κ2) is 4.49. The Morgan fingerprint density at radius 2 is 2.36 bits per heavy atom. The molecule has 0 amide bonds. The van der Waals surface area contributed by atoms with Gasteiger partial charge in [0.1, 0.15) is 0 Å². The number of hydrogen-bond acceptors (Lipinski definition) is 2. The van der Waals surface area contributed by atoms with Gasteiger partial charge in [0.2, 0.25) is 0 Å². The second-order valence-electron chi connectivity index (χ2n) is 1.93. The minimum atomic E-state index is -0.826. The smallest absolute Gasteiger partial charge is 0.307 e. The first-order valence-electron chi connectivity index (χ1n) is 2.90. The average molecular weight is 148 g/mol. The van der Waals surface area contributed by atoms with E-state index >= 15 is 0 Å². The predicted molar refractivity (Wildman–Crippen MR) is 41.3 cm³/mol. The number of carboxylic acid groups (broad SMARTS) is 1. The number of nitrogens with zero attached hydrogens (tertiary/aromatic N) is 1. The molecule has 0 aliphatic rings. The van der Waals surface area contributed by atoms with Gasteiger partial charge in [-0.15, -0.1) is 0 Å². The Kier molecular flexibility index (Phi) is 3.96. The Morgan fingerprint density at radius 1 is 1.64 bits per heavy atom. The molecule has 0 saturated carbocycles. The number of hydrogen-bond donors (Lipinski definition) is 1. The predicted octanol–water partition coefficient (Wildman–Crippen LogP) is 0.328. The molecule has 4 heteroatoms. The maximum Gasteiger partial charge on any atom is 0.307 e. The van der Waals surface area contributed by atoms with Gasteiger partial charge in [-0.2, -0.15) is 0 Å². The monoisotopic (exact) mass is 148 g/mol. The van der Waals surface area contributed by atoms with Crippen LogP contribution in [-0.2, 0) is 11.2 Å². The van der Waals surface area contributed by atoms with Crippen molar-refractivity contribution in [1.29, 1.82) is 0 Å². The number of carboxylic acids is 1. The summed E-state index contributed by atoms with van der Waals surface area (Å²) in [6, 6.07) is 3.46. The quantitative estimate of drug-likeness (QED) is 0.614. The molecule has 55 valence electrons. The van der Waals surface area contributed by atoms with Crippen molar-refractivity contribution in [2.75, 3.05) is 0 Å². The first-order chi connectivity index (χ1) is 4.79. The Hall–Kier alpha value is -1.32. The molecule has 0 bridgehead atoms. The van der Waals surface area contributed by atoms with E-state index in [9.17, 15) is 4.79 Å². The van der Waals surface area contributed by atoms with Crippen LogP contribution in [0.3, 0.4) is 0 Å². The molecule has 0 unspecified atom stereocenters. The third kappa shape index (κ3) is 3.40. The molecular formula is C7H7BNO2. The van der Waals surface area contributed by atoms with Crippen molar-refractivity contribution in [3.63, 3.8) is 0 Å². The number of aromatic nitrogens is 1. The summed E-state index contributed by atoms with van der Waals surface area (Å²) in [6.07, 6.45) is 3.22. The number of pyridine rings is 1. The van der Waals surface area contributed by atoms with E-state index in [1.165, 1.54) is 0 Å². The molecule has 11 heavy (non-hydrogen) atoms. The van der Waals surface area contributed by atoms with E-state index in [0.29, 0.717) is 0 Å². The van der Waals surface area contributed by atoms with E-state index in [0.717, 1.165) is 5.56 Å². The second-order valence-corrected chi connectivity index (χ2v) is 1.93. The third-order valence-electron chi connectivity index (χ3n) is 1.08. The summed E-state index contributed by atoms with van der Waals surface area (Å²) in [5.74, 6) is -0.826. The van der Waals surface area contributed by atoms with Gasteiger partial charge in [-0.1, -0.05) is 6.07 Å². The third-order valence-corrected chi connectivity index (χ3v) is 1.08. The van der Waals surface area contributed by atoms with Crippen LogP contribution in [0.25, 0.3) is 0 Å². The minimum absolute atomic E-state index is 0. The molecule has 0 fully saturated rings. The summed E-state index contributed by atoms with van der Waals surface area (Å²) < 4.78 is 0. The van der Waals surface area contributed by atoms with Gasteiger partial charge in [0.05, 0.1) is 6.42 Å². The molecule has 0 aliphatic carbocycles. The topological polar surface area (TPSA) is 50.2 Å². The maximum absolute atomic E-state index is 10.1. The molecule has 0 aliphatic heterocycles. The number of aliphatic carboxylic acids is 1. The number of rotatable bonds is 2. The van der Waals surface area contributed by atoms with Crippen molar-refractivity contribution in [2.45, 2.75) is 6.42 Å². The molecule has 1 aromatic rings. The standard InChI is InChI=1S/C7H7NO2.B/c9-7(10)4-6-2-1-3-8-5-6;/h1-3,5H,4H2,(H,9,10);. The largest absolute Gasteiger partial charge is 0.481 e. The lowest BCUT2D eigenvalue weighted by atomic mass is 10.2. The Labute approximate surface area is 66.7 Å². The van der Waals surface area contributed by atoms with Gasteiger partial charge < -0.3 is 5.11 Å². The van der Waals surface area contributed by atoms with Crippen molar-refractivity contribution in [3.05, 3.63) is 30.1 Å². The van der Waals surface area contributed by atoms with Crippen molar-refractivity contribution in [1.82, 2.24) is 4.98 Å². The van der Waals surface area contributed by atoms with Gasteiger partial charge in [0.25, 0.3) is 0 Å². The highest BCUT2D eigenvalue weighted by Gasteiger charge is 1.97. The average Bonchev–Trinajstić information content (AvgIpc) is 1.88. The SMILES string of the molecule is O=C(O)Cc1cccnc1.[B]. The van der Waals surface area contributed by atoms with E-state index < -0.39 is 5.97 Å². The fourth-order valence-electron chi connectivity index (χ4n) is 0.677. The highest BCUT2D eigenvalue weighted by atomic mass is 16.4. The zero-order valence-electron chi connectivity index (χ0n) is 5.90. The van der Waals surface area contributed by atoms with Gasteiger partial charge in [-0.3, -0.25) is 9.78 Å². The summed E-state index contributed by atoms with van der Waals surface area (Å²) in [5, 5.41) is 8.34. The summed E-state index contributed by atoms with van der Waals surface area (Å²) in [7, 11) is 0. The van der Waals surface area contributed by atoms with Gasteiger partial charge in [-0.05, 0) is 11.6 Å². The molecule has 1 rings (SSSR count). The lowest BCUT2D eigenvalue weighted by Crippen LogP contribution is -1.99. The van der Waals surface area contributed by atoms with Crippen LogP contribution < -0.4 is 0 Å². The van der Waals surface area contributed by atoms with Crippen LogP contribution in [0.4, 0.5) is 0 Å². The summed E-state index contributed by atoms with van der Waals surface area (Å²) in [5.41, 5.74) is 0.731. The molecule has 1 aromatic heterocycles. The van der Waals surface area contributed by atoms with Crippen LogP contribution in [-0.4, -0.2) is 24.5 Å². The number of carbonyl (C=O) groups is 1. The molecule has 0 atom stereocenters. The van der Waals surface area contributed by atoms with Gasteiger partial charge in [0.15, 0.2) is 0 Å². The molecule has 1 heterocycles. The minimum Gasteiger partial charge on any atom is -0.481 e. The zero-order chi connectivity index (χ0) is 7.40. The van der Waals surface area contributed by atoms with E-state index in [-0.39, 0.29) is 14.8 Å². The lowest BCUT2D eigenvalue weighted by Gasteiger charge is -1.91. The zero-order valence-corrected chi connectivity index (χ0v) is 5.90. The first-order valence-corrected chi connectivity index (χ1v) is 2.90. The van der Waals surface area contributed by atoms with Crippen molar-refractivity contribution >= 4 is 14.4 Å². The summed E-state index contributed by atoms with van der Waals surface area (Å²) in [6.45, 7) is 0. The van der Waals surface area contributed by atoms with Crippen LogP contribution in [0.2, 0.25) is 0 Å². The lowest BCUT2D eigenvalue weighted by molar-refractivity contribution is -0.136. The van der Waals surface area contributed by atoms with Gasteiger partial charge in [-0.25, -0.2) is 0 Å². The van der Waals surface area contributed by atoms with Crippen LogP contribution in [0.5, 0.6) is 0 Å². The van der Waals surface area contributed by atoms with Gasteiger partial charge >= 0.3 is 5.97 Å². The van der Waals surface area contributed by atoms with Gasteiger partial charge in [0, 0.05) is 20.8 Å². The van der Waals surface area contributed by atoms with Crippen LogP contribution >= 0.6 is 0 Å². The summed E-state index contributed by atoms with van der Waals surface area (Å²) in [4.78, 5) is 13.9.